The summed E-state index contributed by atoms with van der Waals surface area (Å²) in [5, 5.41) is 3.06. The molecule has 4 rings (SSSR count). The zero-order chi connectivity index (χ0) is 26.6. The normalized spacial score (nSPS) is 17.4. The van der Waals surface area contributed by atoms with Crippen LogP contribution in [-0.2, 0) is 26.2 Å². The van der Waals surface area contributed by atoms with Crippen molar-refractivity contribution in [1.29, 1.82) is 0 Å². The minimum atomic E-state index is -3.93. The molecule has 1 fully saturated rings. The van der Waals surface area contributed by atoms with E-state index in [1.165, 1.54) is 17.0 Å². The van der Waals surface area contributed by atoms with E-state index in [2.05, 4.69) is 5.32 Å². The number of fused-ring (bicyclic) bond motifs is 1. The van der Waals surface area contributed by atoms with E-state index in [-0.39, 0.29) is 54.2 Å². The molecule has 1 saturated carbocycles. The molecule has 10 heteroatoms. The Kier molecular flexibility index (Phi) is 8.16. The Labute approximate surface area is 217 Å². The van der Waals surface area contributed by atoms with Crippen LogP contribution in [0.2, 0.25) is 0 Å². The molecule has 9 nitrogen and oxygen atoms in total. The Hall–Kier alpha value is -3.40. The SMILES string of the molecule is COc1ccc(CN(C(=O)CCCN2C(=O)c3ccccc3S2(=O)=O)[C@@H](C)C(=O)NC2CCCC2)cc1. The Bertz CT molecular complexity index is 1260. The highest BCUT2D eigenvalue weighted by Gasteiger charge is 2.40. The van der Waals surface area contributed by atoms with E-state index in [4.69, 9.17) is 4.74 Å². The molecule has 1 aliphatic carbocycles. The Balaban J connectivity index is 1.44. The molecule has 198 valence electrons. The van der Waals surface area contributed by atoms with Gasteiger partial charge in [0, 0.05) is 25.6 Å². The lowest BCUT2D eigenvalue weighted by atomic mass is 10.1. The van der Waals surface area contributed by atoms with Crippen molar-refractivity contribution in [2.24, 2.45) is 0 Å². The molecule has 37 heavy (non-hydrogen) atoms. The lowest BCUT2D eigenvalue weighted by molar-refractivity contribution is -0.141. The van der Waals surface area contributed by atoms with Crippen molar-refractivity contribution in [2.75, 3.05) is 13.7 Å². The van der Waals surface area contributed by atoms with Crippen LogP contribution < -0.4 is 10.1 Å². The van der Waals surface area contributed by atoms with Crippen LogP contribution in [0.15, 0.2) is 53.4 Å². The minimum absolute atomic E-state index is 0.00709. The van der Waals surface area contributed by atoms with E-state index in [1.807, 2.05) is 12.1 Å². The van der Waals surface area contributed by atoms with Crippen LogP contribution in [0.3, 0.4) is 0 Å². The number of nitrogens with zero attached hydrogens (tertiary/aromatic N) is 2. The third kappa shape index (κ3) is 5.79. The van der Waals surface area contributed by atoms with Gasteiger partial charge in [0.2, 0.25) is 11.8 Å². The molecule has 0 unspecified atom stereocenters. The second-order valence-corrected chi connectivity index (χ2v) is 11.3. The fourth-order valence-electron chi connectivity index (χ4n) is 4.87. The topological polar surface area (TPSA) is 113 Å². The highest BCUT2D eigenvalue weighted by molar-refractivity contribution is 7.90. The number of hydrogen-bond donors (Lipinski definition) is 1. The van der Waals surface area contributed by atoms with Gasteiger partial charge in [0.1, 0.15) is 16.7 Å². The zero-order valence-corrected chi connectivity index (χ0v) is 22.0. The summed E-state index contributed by atoms with van der Waals surface area (Å²) in [7, 11) is -2.36. The number of rotatable bonds is 10. The first-order valence-electron chi connectivity index (χ1n) is 12.6. The zero-order valence-electron chi connectivity index (χ0n) is 21.2. The fourth-order valence-corrected chi connectivity index (χ4v) is 6.48. The van der Waals surface area contributed by atoms with Gasteiger partial charge in [0.05, 0.1) is 12.7 Å². The quantitative estimate of drug-likeness (QED) is 0.508. The first-order chi connectivity index (χ1) is 17.7. The predicted molar refractivity (Wildman–Crippen MR) is 137 cm³/mol. The maximum atomic E-state index is 13.4. The third-order valence-electron chi connectivity index (χ3n) is 7.04. The summed E-state index contributed by atoms with van der Waals surface area (Å²) in [5.41, 5.74) is 0.981. The molecule has 0 aromatic heterocycles. The smallest absolute Gasteiger partial charge is 0.269 e. The van der Waals surface area contributed by atoms with Gasteiger partial charge in [0.15, 0.2) is 0 Å². The van der Waals surface area contributed by atoms with E-state index >= 15 is 0 Å². The van der Waals surface area contributed by atoms with Crippen molar-refractivity contribution in [3.05, 3.63) is 59.7 Å². The number of hydrogen-bond acceptors (Lipinski definition) is 6. The maximum absolute atomic E-state index is 13.4. The highest BCUT2D eigenvalue weighted by Crippen LogP contribution is 2.30. The number of ether oxygens (including phenoxy) is 1. The number of benzene rings is 2. The molecule has 1 N–H and O–H groups in total. The Morgan fingerprint density at radius 2 is 1.78 bits per heavy atom. The summed E-state index contributed by atoms with van der Waals surface area (Å²) in [6.45, 7) is 1.81. The van der Waals surface area contributed by atoms with E-state index in [0.717, 1.165) is 35.6 Å². The predicted octanol–water partition coefficient (Wildman–Crippen LogP) is 3.10. The molecule has 2 aliphatic rings. The average Bonchev–Trinajstić information content (AvgIpc) is 3.48. The summed E-state index contributed by atoms with van der Waals surface area (Å²) in [4.78, 5) is 40.5. The van der Waals surface area contributed by atoms with E-state index in [9.17, 15) is 22.8 Å². The van der Waals surface area contributed by atoms with Crippen molar-refractivity contribution >= 4 is 27.7 Å². The molecule has 1 atom stereocenters. The second-order valence-electron chi connectivity index (χ2n) is 9.52. The molecule has 3 amide bonds. The van der Waals surface area contributed by atoms with Crippen LogP contribution in [0.5, 0.6) is 5.75 Å². The van der Waals surface area contributed by atoms with Crippen molar-refractivity contribution in [3.8, 4) is 5.75 Å². The summed E-state index contributed by atoms with van der Waals surface area (Å²) >= 11 is 0. The minimum Gasteiger partial charge on any atom is -0.497 e. The van der Waals surface area contributed by atoms with Gasteiger partial charge < -0.3 is 15.0 Å². The molecule has 1 heterocycles. The van der Waals surface area contributed by atoms with Crippen LogP contribution in [0.4, 0.5) is 0 Å². The van der Waals surface area contributed by atoms with Crippen molar-refractivity contribution < 1.29 is 27.5 Å². The molecule has 0 saturated heterocycles. The van der Waals surface area contributed by atoms with Gasteiger partial charge in [-0.05, 0) is 56.0 Å². The number of amides is 3. The Morgan fingerprint density at radius 3 is 2.43 bits per heavy atom. The van der Waals surface area contributed by atoms with E-state index in [1.54, 1.807) is 38.3 Å². The first kappa shape index (κ1) is 26.7. The molecule has 0 spiro atoms. The van der Waals surface area contributed by atoms with Gasteiger partial charge in [-0.1, -0.05) is 37.1 Å². The third-order valence-corrected chi connectivity index (χ3v) is 8.89. The highest BCUT2D eigenvalue weighted by atomic mass is 32.2. The van der Waals surface area contributed by atoms with Crippen LogP contribution in [-0.4, -0.2) is 61.1 Å². The molecule has 0 bridgehead atoms. The van der Waals surface area contributed by atoms with Gasteiger partial charge in [-0.2, -0.15) is 0 Å². The van der Waals surface area contributed by atoms with Crippen molar-refractivity contribution in [2.45, 2.75) is 69.0 Å². The summed E-state index contributed by atoms with van der Waals surface area (Å²) < 4.78 is 31.6. The first-order valence-corrected chi connectivity index (χ1v) is 14.0. The van der Waals surface area contributed by atoms with E-state index < -0.39 is 22.0 Å². The standard InChI is InChI=1S/C27H33N3O6S/c1-19(26(32)28-21-8-3-4-9-21)29(18-20-13-15-22(36-2)16-14-20)25(31)12-7-17-30-27(33)23-10-5-6-11-24(23)37(30,34)35/h5-6,10-11,13-16,19,21H,3-4,7-9,12,17-18H2,1-2H3,(H,28,32)/t19-/m0/s1. The van der Waals surface area contributed by atoms with Gasteiger partial charge in [-0.25, -0.2) is 12.7 Å². The van der Waals surface area contributed by atoms with E-state index in [0.29, 0.717) is 5.75 Å². The molecule has 2 aromatic rings. The van der Waals surface area contributed by atoms with Gasteiger partial charge in [0.25, 0.3) is 15.9 Å². The van der Waals surface area contributed by atoms with Crippen LogP contribution in [0.1, 0.15) is 61.4 Å². The van der Waals surface area contributed by atoms with Crippen LogP contribution in [0, 0.1) is 0 Å². The molecular formula is C27H33N3O6S. The number of sulfonamides is 1. The fraction of sp³-hybridized carbons (Fsp3) is 0.444. The molecule has 2 aromatic carbocycles. The second kappa shape index (κ2) is 11.3. The maximum Gasteiger partial charge on any atom is 0.269 e. The van der Waals surface area contributed by atoms with Gasteiger partial charge in [-0.3, -0.25) is 14.4 Å². The number of nitrogens with one attached hydrogen (secondary N) is 1. The lowest BCUT2D eigenvalue weighted by Gasteiger charge is -2.30. The van der Waals surface area contributed by atoms with Crippen molar-refractivity contribution in [1.82, 2.24) is 14.5 Å². The Morgan fingerprint density at radius 1 is 1.11 bits per heavy atom. The van der Waals surface area contributed by atoms with Gasteiger partial charge in [-0.15, -0.1) is 0 Å². The average molecular weight is 528 g/mol. The molecular weight excluding hydrogens is 494 g/mol. The summed E-state index contributed by atoms with van der Waals surface area (Å²) in [6, 6.07) is 12.8. The molecule has 1 aliphatic heterocycles. The number of carbonyl (C=O) groups is 3. The van der Waals surface area contributed by atoms with Gasteiger partial charge >= 0.3 is 0 Å². The van der Waals surface area contributed by atoms with Crippen molar-refractivity contribution in [3.63, 3.8) is 0 Å². The molecule has 0 radical (unpaired) electrons. The summed E-state index contributed by atoms with van der Waals surface area (Å²) in [5.74, 6) is -0.387. The number of carbonyl (C=O) groups excluding carboxylic acids is 3. The monoisotopic (exact) mass is 527 g/mol. The summed E-state index contributed by atoms with van der Waals surface area (Å²) in [6.07, 6.45) is 4.17. The number of methoxy groups -OCH3 is 1. The largest absolute Gasteiger partial charge is 0.497 e. The van der Waals surface area contributed by atoms with Crippen LogP contribution >= 0.6 is 0 Å². The lowest BCUT2D eigenvalue weighted by Crippen LogP contribution is -2.49. The van der Waals surface area contributed by atoms with Crippen LogP contribution in [0.25, 0.3) is 0 Å².